The Morgan fingerprint density at radius 2 is 2.21 bits per heavy atom. The average Bonchev–Trinajstić information content (AvgIpc) is 3.00. The van der Waals surface area contributed by atoms with Gasteiger partial charge in [0.15, 0.2) is 0 Å². The number of carbonyl (C=O) groups is 2. The summed E-state index contributed by atoms with van der Waals surface area (Å²) < 4.78 is 23.5. The van der Waals surface area contributed by atoms with Crippen LogP contribution in [0.1, 0.15) is 19.8 Å². The lowest BCUT2D eigenvalue weighted by Crippen LogP contribution is -2.51. The van der Waals surface area contributed by atoms with Crippen LogP contribution in [-0.4, -0.2) is 37.4 Å². The first-order valence-electron chi connectivity index (χ1n) is 6.27. The maximum Gasteiger partial charge on any atom is 0.327 e. The maximum atomic E-state index is 14.0. The predicted octanol–water partition coefficient (Wildman–Crippen LogP) is 1.20. The number of ether oxygens (including phenoxy) is 2. The number of rotatable bonds is 5. The summed E-state index contributed by atoms with van der Waals surface area (Å²) in [5.74, 6) is -1.80. The Kier molecular flexibility index (Phi) is 4.01. The van der Waals surface area contributed by atoms with Crippen LogP contribution in [0.25, 0.3) is 0 Å². The Morgan fingerprint density at radius 1 is 1.53 bits per heavy atom. The van der Waals surface area contributed by atoms with Crippen molar-refractivity contribution in [1.29, 1.82) is 0 Å². The van der Waals surface area contributed by atoms with Gasteiger partial charge in [0.2, 0.25) is 0 Å². The zero-order valence-electron chi connectivity index (χ0n) is 10.8. The third-order valence-corrected chi connectivity index (χ3v) is 4.51. The standard InChI is InChI=1S/C12H17ClFNO4/c1-3-19-11(17)12(15-13)5-7(14)9-6(10(9)12)4-8(16)18-2/h6-7,9-10,15H,3-5H2,1-2H3/t6-,7+,9+,10+,12-/m0/s1. The zero-order valence-corrected chi connectivity index (χ0v) is 11.6. The topological polar surface area (TPSA) is 64.6 Å². The second-order valence-electron chi connectivity index (χ2n) is 5.05. The molecule has 0 radical (unpaired) electrons. The molecule has 0 amide bonds. The Labute approximate surface area is 115 Å². The lowest BCUT2D eigenvalue weighted by Gasteiger charge is -2.28. The van der Waals surface area contributed by atoms with Gasteiger partial charge in [-0.15, -0.1) is 0 Å². The first kappa shape index (κ1) is 14.5. The van der Waals surface area contributed by atoms with Crippen LogP contribution < -0.4 is 4.84 Å². The SMILES string of the molecule is CCOC(=O)[C@]1(NCl)C[C@@H](F)[C@H]2[C@H](CC(=O)OC)[C@H]21. The molecular formula is C12H17ClFNO4. The Morgan fingerprint density at radius 3 is 2.74 bits per heavy atom. The highest BCUT2D eigenvalue weighted by molar-refractivity contribution is 6.15. The lowest BCUT2D eigenvalue weighted by atomic mass is 9.90. The zero-order chi connectivity index (χ0) is 14.2. The van der Waals surface area contributed by atoms with Crippen molar-refractivity contribution in [2.24, 2.45) is 17.8 Å². The van der Waals surface area contributed by atoms with Crippen molar-refractivity contribution in [3.05, 3.63) is 0 Å². The van der Waals surface area contributed by atoms with Crippen molar-refractivity contribution < 1.29 is 23.5 Å². The van der Waals surface area contributed by atoms with Crippen molar-refractivity contribution in [1.82, 2.24) is 4.84 Å². The molecule has 2 aliphatic rings. The normalized spacial score (nSPS) is 39.6. The number of halogens is 2. The highest BCUT2D eigenvalue weighted by Gasteiger charge is 2.73. The van der Waals surface area contributed by atoms with Crippen molar-refractivity contribution in [3.8, 4) is 0 Å². The van der Waals surface area contributed by atoms with E-state index in [-0.39, 0.29) is 37.2 Å². The van der Waals surface area contributed by atoms with Gasteiger partial charge in [-0.3, -0.25) is 4.79 Å². The maximum absolute atomic E-state index is 14.0. The van der Waals surface area contributed by atoms with Crippen molar-refractivity contribution in [3.63, 3.8) is 0 Å². The third-order valence-electron chi connectivity index (χ3n) is 4.17. The summed E-state index contributed by atoms with van der Waals surface area (Å²) in [5.41, 5.74) is -1.22. The van der Waals surface area contributed by atoms with Gasteiger partial charge in [0, 0.05) is 12.8 Å². The summed E-state index contributed by atoms with van der Waals surface area (Å²) in [5, 5.41) is 0. The fraction of sp³-hybridized carbons (Fsp3) is 0.833. The van der Waals surface area contributed by atoms with Gasteiger partial charge in [-0.05, 0) is 36.5 Å². The van der Waals surface area contributed by atoms with Crippen LogP contribution in [0.15, 0.2) is 0 Å². The molecule has 5 nitrogen and oxygen atoms in total. The molecule has 1 N–H and O–H groups in total. The summed E-state index contributed by atoms with van der Waals surface area (Å²) >= 11 is 5.68. The van der Waals surface area contributed by atoms with Crippen molar-refractivity contribution in [2.45, 2.75) is 31.5 Å². The van der Waals surface area contributed by atoms with E-state index in [1.807, 2.05) is 0 Å². The quantitative estimate of drug-likeness (QED) is 0.609. The number of carbonyl (C=O) groups excluding carboxylic acids is 2. The molecule has 0 aromatic carbocycles. The number of fused-ring (bicyclic) bond motifs is 1. The highest BCUT2D eigenvalue weighted by atomic mass is 35.5. The summed E-state index contributed by atoms with van der Waals surface area (Å²) in [6.07, 6.45) is -1.07. The molecule has 0 aromatic heterocycles. The van der Waals surface area contributed by atoms with E-state index in [9.17, 15) is 14.0 Å². The minimum absolute atomic E-state index is 0.0116. The molecule has 2 rings (SSSR count). The Balaban J connectivity index is 2.14. The highest BCUT2D eigenvalue weighted by Crippen LogP contribution is 2.65. The van der Waals surface area contributed by atoms with Gasteiger partial charge in [0.05, 0.1) is 13.7 Å². The van der Waals surface area contributed by atoms with E-state index in [1.165, 1.54) is 7.11 Å². The molecule has 0 aliphatic heterocycles. The molecule has 5 atom stereocenters. The van der Waals surface area contributed by atoms with E-state index in [0.29, 0.717) is 0 Å². The van der Waals surface area contributed by atoms with E-state index >= 15 is 0 Å². The molecule has 7 heteroatoms. The van der Waals surface area contributed by atoms with Crippen LogP contribution in [0.5, 0.6) is 0 Å². The van der Waals surface area contributed by atoms with Crippen LogP contribution in [0.4, 0.5) is 4.39 Å². The van der Waals surface area contributed by atoms with Gasteiger partial charge in [-0.1, -0.05) is 0 Å². The summed E-state index contributed by atoms with van der Waals surface area (Å²) in [4.78, 5) is 25.7. The molecule has 19 heavy (non-hydrogen) atoms. The first-order chi connectivity index (χ1) is 9.01. The van der Waals surface area contributed by atoms with E-state index in [0.717, 1.165) is 0 Å². The van der Waals surface area contributed by atoms with E-state index < -0.39 is 23.6 Å². The fourth-order valence-corrected chi connectivity index (χ4v) is 3.61. The largest absolute Gasteiger partial charge is 0.469 e. The second-order valence-corrected chi connectivity index (χ2v) is 5.24. The van der Waals surface area contributed by atoms with Crippen LogP contribution in [0, 0.1) is 17.8 Å². The van der Waals surface area contributed by atoms with E-state index in [1.54, 1.807) is 6.92 Å². The number of methoxy groups -OCH3 is 1. The molecule has 2 fully saturated rings. The fourth-order valence-electron chi connectivity index (χ4n) is 3.33. The summed E-state index contributed by atoms with van der Waals surface area (Å²) in [6.45, 7) is 1.88. The first-order valence-corrected chi connectivity index (χ1v) is 6.65. The molecule has 108 valence electrons. The molecule has 0 spiro atoms. The number of alkyl halides is 1. The number of esters is 2. The van der Waals surface area contributed by atoms with Gasteiger partial charge in [0.1, 0.15) is 11.7 Å². The molecule has 0 bridgehead atoms. The number of hydrogen-bond donors (Lipinski definition) is 1. The Bertz CT molecular complexity index is 394. The molecule has 0 aromatic rings. The average molecular weight is 294 g/mol. The van der Waals surface area contributed by atoms with Gasteiger partial charge in [0.25, 0.3) is 0 Å². The van der Waals surface area contributed by atoms with Gasteiger partial charge in [-0.2, -0.15) is 0 Å². The molecule has 0 heterocycles. The smallest absolute Gasteiger partial charge is 0.327 e. The third kappa shape index (κ3) is 2.21. The van der Waals surface area contributed by atoms with Crippen molar-refractivity contribution >= 4 is 23.7 Å². The molecule has 0 unspecified atom stereocenters. The summed E-state index contributed by atoms with van der Waals surface area (Å²) in [6, 6.07) is 0. The van der Waals surface area contributed by atoms with Gasteiger partial charge in [-0.25, -0.2) is 14.0 Å². The van der Waals surface area contributed by atoms with Crippen LogP contribution >= 0.6 is 11.8 Å². The summed E-state index contributed by atoms with van der Waals surface area (Å²) in [7, 11) is 1.28. The minimum Gasteiger partial charge on any atom is -0.469 e. The predicted molar refractivity (Wildman–Crippen MR) is 65.0 cm³/mol. The van der Waals surface area contributed by atoms with Gasteiger partial charge >= 0.3 is 11.9 Å². The molecule has 2 aliphatic carbocycles. The van der Waals surface area contributed by atoms with E-state index in [2.05, 4.69) is 9.57 Å². The molecular weight excluding hydrogens is 277 g/mol. The van der Waals surface area contributed by atoms with Crippen LogP contribution in [0.3, 0.4) is 0 Å². The van der Waals surface area contributed by atoms with Gasteiger partial charge < -0.3 is 9.47 Å². The van der Waals surface area contributed by atoms with E-state index in [4.69, 9.17) is 16.5 Å². The monoisotopic (exact) mass is 293 g/mol. The number of hydrogen-bond acceptors (Lipinski definition) is 5. The van der Waals surface area contributed by atoms with Crippen LogP contribution in [0.2, 0.25) is 0 Å². The Hall–Kier alpha value is -0.880. The van der Waals surface area contributed by atoms with Crippen molar-refractivity contribution in [2.75, 3.05) is 13.7 Å². The number of nitrogens with one attached hydrogen (secondary N) is 1. The lowest BCUT2D eigenvalue weighted by molar-refractivity contribution is -0.152. The van der Waals surface area contributed by atoms with Crippen LogP contribution in [-0.2, 0) is 19.1 Å². The second kappa shape index (κ2) is 5.25. The molecule has 2 saturated carbocycles. The molecule has 0 saturated heterocycles. The minimum atomic E-state index is -1.22.